The number of carbonyl (C=O) groups excluding carboxylic acids is 1. The number of amides is 1. The Morgan fingerprint density at radius 1 is 1.50 bits per heavy atom. The van der Waals surface area contributed by atoms with Gasteiger partial charge in [0.15, 0.2) is 11.6 Å². The molecule has 0 saturated carbocycles. The predicted octanol–water partition coefficient (Wildman–Crippen LogP) is 1.36. The molecule has 0 aliphatic heterocycles. The summed E-state index contributed by atoms with van der Waals surface area (Å²) in [6, 6.07) is 1.42. The number of nitrogens with one attached hydrogen (secondary N) is 1. The molecule has 18 heavy (non-hydrogen) atoms. The lowest BCUT2D eigenvalue weighted by molar-refractivity contribution is 0.0609. The van der Waals surface area contributed by atoms with E-state index in [-0.39, 0.29) is 23.7 Å². The third-order valence-corrected chi connectivity index (χ3v) is 2.42. The van der Waals surface area contributed by atoms with Crippen LogP contribution in [0.5, 0.6) is 0 Å². The van der Waals surface area contributed by atoms with Crippen molar-refractivity contribution in [2.24, 2.45) is 0 Å². The van der Waals surface area contributed by atoms with E-state index in [1.54, 1.807) is 0 Å². The maximum Gasteiger partial charge on any atom is 0.252 e. The minimum absolute atomic E-state index is 0.0474. The Balaban J connectivity index is 2.70. The number of rotatable bonds is 5. The Labute approximate surface area is 108 Å². The number of ether oxygens (including phenoxy) is 1. The van der Waals surface area contributed by atoms with Crippen LogP contribution in [0.1, 0.15) is 10.4 Å². The van der Waals surface area contributed by atoms with Gasteiger partial charge >= 0.3 is 0 Å². The van der Waals surface area contributed by atoms with Crippen LogP contribution in [0.2, 0.25) is 5.02 Å². The fourth-order valence-corrected chi connectivity index (χ4v) is 1.49. The van der Waals surface area contributed by atoms with Crippen LogP contribution in [0, 0.1) is 11.6 Å². The summed E-state index contributed by atoms with van der Waals surface area (Å²) in [6.45, 7) is -0.0339. The van der Waals surface area contributed by atoms with E-state index in [9.17, 15) is 18.7 Å². The zero-order valence-corrected chi connectivity index (χ0v) is 10.3. The molecule has 1 unspecified atom stereocenters. The summed E-state index contributed by atoms with van der Waals surface area (Å²) in [5, 5.41) is 11.4. The molecule has 0 aromatic heterocycles. The molecule has 1 aromatic rings. The number of aliphatic hydroxyl groups excluding tert-OH is 1. The summed E-state index contributed by atoms with van der Waals surface area (Å²) in [7, 11) is 1.40. The molecule has 0 heterocycles. The SMILES string of the molecule is COCC(O)CNC(=O)c1cc(F)c(F)cc1Cl. The topological polar surface area (TPSA) is 58.6 Å². The Morgan fingerprint density at radius 3 is 2.72 bits per heavy atom. The Kier molecular flexibility index (Phi) is 5.46. The van der Waals surface area contributed by atoms with Crippen molar-refractivity contribution in [3.8, 4) is 0 Å². The molecule has 7 heteroatoms. The normalized spacial score (nSPS) is 12.3. The number of aliphatic hydroxyl groups is 1. The Bertz CT molecular complexity index is 443. The van der Waals surface area contributed by atoms with E-state index in [4.69, 9.17) is 11.6 Å². The van der Waals surface area contributed by atoms with Gasteiger partial charge in [-0.05, 0) is 12.1 Å². The summed E-state index contributed by atoms with van der Waals surface area (Å²) in [5.74, 6) is -2.99. The van der Waals surface area contributed by atoms with E-state index in [1.807, 2.05) is 0 Å². The zero-order valence-electron chi connectivity index (χ0n) is 9.54. The maximum atomic E-state index is 13.0. The molecular weight excluding hydrogens is 268 g/mol. The highest BCUT2D eigenvalue weighted by molar-refractivity contribution is 6.33. The third-order valence-electron chi connectivity index (χ3n) is 2.11. The van der Waals surface area contributed by atoms with Gasteiger partial charge < -0.3 is 15.2 Å². The molecule has 0 spiro atoms. The fourth-order valence-electron chi connectivity index (χ4n) is 1.25. The molecule has 1 amide bonds. The minimum Gasteiger partial charge on any atom is -0.389 e. The summed E-state index contributed by atoms with van der Waals surface area (Å²) in [6.07, 6.45) is -0.886. The minimum atomic E-state index is -1.16. The average Bonchev–Trinajstić information content (AvgIpc) is 2.31. The van der Waals surface area contributed by atoms with Gasteiger partial charge in [-0.15, -0.1) is 0 Å². The van der Waals surface area contributed by atoms with Crippen LogP contribution in [-0.2, 0) is 4.74 Å². The second-order valence-electron chi connectivity index (χ2n) is 3.57. The molecule has 1 atom stereocenters. The van der Waals surface area contributed by atoms with E-state index in [0.717, 1.165) is 6.07 Å². The zero-order chi connectivity index (χ0) is 13.7. The van der Waals surface area contributed by atoms with Crippen molar-refractivity contribution in [1.82, 2.24) is 5.32 Å². The lowest BCUT2D eigenvalue weighted by Gasteiger charge is -2.11. The van der Waals surface area contributed by atoms with Gasteiger partial charge in [0.25, 0.3) is 5.91 Å². The molecule has 0 saturated heterocycles. The first-order valence-electron chi connectivity index (χ1n) is 5.05. The predicted molar refractivity (Wildman–Crippen MR) is 61.6 cm³/mol. The highest BCUT2D eigenvalue weighted by Gasteiger charge is 2.15. The maximum absolute atomic E-state index is 13.0. The largest absolute Gasteiger partial charge is 0.389 e. The first-order valence-corrected chi connectivity index (χ1v) is 5.43. The molecule has 4 nitrogen and oxygen atoms in total. The van der Waals surface area contributed by atoms with Gasteiger partial charge in [-0.3, -0.25) is 4.79 Å². The summed E-state index contributed by atoms with van der Waals surface area (Å²) >= 11 is 5.62. The van der Waals surface area contributed by atoms with Crippen LogP contribution in [0.15, 0.2) is 12.1 Å². The first kappa shape index (κ1) is 14.8. The van der Waals surface area contributed by atoms with Crippen molar-refractivity contribution in [3.05, 3.63) is 34.4 Å². The molecule has 0 aliphatic carbocycles. The lowest BCUT2D eigenvalue weighted by Crippen LogP contribution is -2.34. The average molecular weight is 280 g/mol. The van der Waals surface area contributed by atoms with Crippen LogP contribution in [0.25, 0.3) is 0 Å². The summed E-state index contributed by atoms with van der Waals surface area (Å²) in [4.78, 5) is 11.6. The third kappa shape index (κ3) is 3.90. The quantitative estimate of drug-likeness (QED) is 0.800. The number of methoxy groups -OCH3 is 1. The molecule has 1 aromatic carbocycles. The number of halogens is 3. The first-order chi connectivity index (χ1) is 8.45. The highest BCUT2D eigenvalue weighted by atomic mass is 35.5. The summed E-state index contributed by atoms with van der Waals surface area (Å²) in [5.41, 5.74) is -0.194. The smallest absolute Gasteiger partial charge is 0.252 e. The van der Waals surface area contributed by atoms with E-state index in [2.05, 4.69) is 10.1 Å². The Morgan fingerprint density at radius 2 is 2.11 bits per heavy atom. The Hall–Kier alpha value is -1.24. The molecule has 100 valence electrons. The van der Waals surface area contributed by atoms with Gasteiger partial charge in [0.1, 0.15) is 0 Å². The van der Waals surface area contributed by atoms with Gasteiger partial charge in [-0.1, -0.05) is 11.6 Å². The second-order valence-corrected chi connectivity index (χ2v) is 3.97. The van der Waals surface area contributed by atoms with Crippen LogP contribution in [0.3, 0.4) is 0 Å². The standard InChI is InChI=1S/C11H12ClF2NO3/c1-18-5-6(16)4-15-11(17)7-2-9(13)10(14)3-8(7)12/h2-3,6,16H,4-5H2,1H3,(H,15,17). The molecule has 1 rings (SSSR count). The molecule has 0 bridgehead atoms. The van der Waals surface area contributed by atoms with Crippen molar-refractivity contribution in [2.75, 3.05) is 20.3 Å². The van der Waals surface area contributed by atoms with Gasteiger partial charge in [0.2, 0.25) is 0 Å². The van der Waals surface area contributed by atoms with Crippen LogP contribution < -0.4 is 5.32 Å². The number of hydrogen-bond acceptors (Lipinski definition) is 3. The van der Waals surface area contributed by atoms with Crippen molar-refractivity contribution in [1.29, 1.82) is 0 Å². The highest BCUT2D eigenvalue weighted by Crippen LogP contribution is 2.19. The summed E-state index contributed by atoms with van der Waals surface area (Å²) < 4.78 is 30.4. The fraction of sp³-hybridized carbons (Fsp3) is 0.364. The van der Waals surface area contributed by atoms with E-state index in [1.165, 1.54) is 7.11 Å². The second kappa shape index (κ2) is 6.63. The van der Waals surface area contributed by atoms with Crippen LogP contribution in [-0.4, -0.2) is 37.4 Å². The van der Waals surface area contributed by atoms with Crippen molar-refractivity contribution in [3.63, 3.8) is 0 Å². The molecule has 0 fully saturated rings. The van der Waals surface area contributed by atoms with Crippen LogP contribution in [0.4, 0.5) is 8.78 Å². The number of hydrogen-bond donors (Lipinski definition) is 2. The molecule has 2 N–H and O–H groups in total. The molecule has 0 aliphatic rings. The van der Waals surface area contributed by atoms with Crippen molar-refractivity contribution in [2.45, 2.75) is 6.10 Å². The number of carbonyl (C=O) groups is 1. The van der Waals surface area contributed by atoms with Gasteiger partial charge in [-0.2, -0.15) is 0 Å². The van der Waals surface area contributed by atoms with Crippen LogP contribution >= 0.6 is 11.6 Å². The monoisotopic (exact) mass is 279 g/mol. The van der Waals surface area contributed by atoms with Gasteiger partial charge in [-0.25, -0.2) is 8.78 Å². The van der Waals surface area contributed by atoms with E-state index >= 15 is 0 Å². The molecule has 0 radical (unpaired) electrons. The van der Waals surface area contributed by atoms with Gasteiger partial charge in [0, 0.05) is 13.7 Å². The molecular formula is C11H12ClF2NO3. The van der Waals surface area contributed by atoms with E-state index < -0.39 is 23.6 Å². The van der Waals surface area contributed by atoms with Crippen molar-refractivity contribution < 1.29 is 23.4 Å². The lowest BCUT2D eigenvalue weighted by atomic mass is 10.2. The van der Waals surface area contributed by atoms with Gasteiger partial charge in [0.05, 0.1) is 23.3 Å². The van der Waals surface area contributed by atoms with E-state index in [0.29, 0.717) is 6.07 Å². The number of benzene rings is 1. The van der Waals surface area contributed by atoms with Crippen molar-refractivity contribution >= 4 is 17.5 Å².